The summed E-state index contributed by atoms with van der Waals surface area (Å²) in [6.45, 7) is 11.8. The van der Waals surface area contributed by atoms with E-state index < -0.39 is 0 Å². The van der Waals surface area contributed by atoms with E-state index in [4.69, 9.17) is 10.7 Å². The zero-order valence-electron chi connectivity index (χ0n) is 13.4. The van der Waals surface area contributed by atoms with Crippen LogP contribution >= 0.6 is 0 Å². The Kier molecular flexibility index (Phi) is 4.48. The zero-order valence-corrected chi connectivity index (χ0v) is 13.4. The number of nitrogens with zero attached hydrogens (tertiary/aromatic N) is 2. The van der Waals surface area contributed by atoms with Gasteiger partial charge in [0, 0.05) is 19.0 Å². The molecular formula is C17H27N3. The lowest BCUT2D eigenvalue weighted by molar-refractivity contribution is 0.513. The highest BCUT2D eigenvalue weighted by Gasteiger charge is 2.14. The second-order valence-electron chi connectivity index (χ2n) is 6.33. The van der Waals surface area contributed by atoms with Gasteiger partial charge in [-0.1, -0.05) is 20.8 Å². The Morgan fingerprint density at radius 3 is 2.45 bits per heavy atom. The third kappa shape index (κ3) is 3.04. The minimum Gasteiger partial charge on any atom is -0.326 e. The van der Waals surface area contributed by atoms with Crippen molar-refractivity contribution in [2.45, 2.75) is 60.0 Å². The first-order chi connectivity index (χ1) is 9.42. The van der Waals surface area contributed by atoms with Gasteiger partial charge in [0.05, 0.1) is 11.0 Å². The third-order valence-electron chi connectivity index (χ3n) is 3.98. The van der Waals surface area contributed by atoms with Crippen molar-refractivity contribution in [1.82, 2.24) is 9.55 Å². The quantitative estimate of drug-likeness (QED) is 0.904. The van der Waals surface area contributed by atoms with E-state index in [-0.39, 0.29) is 6.04 Å². The molecule has 3 heteroatoms. The van der Waals surface area contributed by atoms with Crippen molar-refractivity contribution in [2.24, 2.45) is 11.7 Å². The monoisotopic (exact) mass is 273 g/mol. The van der Waals surface area contributed by atoms with Gasteiger partial charge < -0.3 is 10.3 Å². The van der Waals surface area contributed by atoms with E-state index in [1.807, 2.05) is 0 Å². The van der Waals surface area contributed by atoms with Crippen LogP contribution < -0.4 is 5.73 Å². The zero-order chi connectivity index (χ0) is 14.9. The van der Waals surface area contributed by atoms with Gasteiger partial charge in [0.25, 0.3) is 0 Å². The molecule has 0 bridgehead atoms. The summed E-state index contributed by atoms with van der Waals surface area (Å²) < 4.78 is 2.33. The number of aryl methyl sites for hydroxylation is 2. The van der Waals surface area contributed by atoms with Crippen LogP contribution in [0.15, 0.2) is 12.1 Å². The van der Waals surface area contributed by atoms with E-state index in [1.165, 1.54) is 22.5 Å². The molecule has 2 aromatic rings. The molecule has 3 nitrogen and oxygen atoms in total. The second kappa shape index (κ2) is 5.96. The van der Waals surface area contributed by atoms with Gasteiger partial charge in [0.2, 0.25) is 0 Å². The summed E-state index contributed by atoms with van der Waals surface area (Å²) in [6.07, 6.45) is 1.99. The molecule has 0 saturated heterocycles. The van der Waals surface area contributed by atoms with E-state index in [2.05, 4.69) is 51.3 Å². The Labute approximate surface area is 122 Å². The Morgan fingerprint density at radius 1 is 1.20 bits per heavy atom. The summed E-state index contributed by atoms with van der Waals surface area (Å²) in [5, 5.41) is 0. The van der Waals surface area contributed by atoms with Crippen molar-refractivity contribution in [1.29, 1.82) is 0 Å². The number of fused-ring (bicyclic) bond motifs is 1. The lowest BCUT2D eigenvalue weighted by Crippen LogP contribution is -2.26. The molecule has 0 aliphatic carbocycles. The van der Waals surface area contributed by atoms with Crippen LogP contribution in [0.5, 0.6) is 0 Å². The number of rotatable bonds is 5. The molecule has 1 aromatic heterocycles. The normalized spacial score (nSPS) is 13.3. The van der Waals surface area contributed by atoms with Gasteiger partial charge in [-0.15, -0.1) is 0 Å². The molecule has 0 aliphatic heterocycles. The van der Waals surface area contributed by atoms with Crippen molar-refractivity contribution < 1.29 is 0 Å². The molecule has 0 spiro atoms. The van der Waals surface area contributed by atoms with Crippen LogP contribution in [0.3, 0.4) is 0 Å². The fourth-order valence-electron chi connectivity index (χ4n) is 2.52. The summed E-state index contributed by atoms with van der Waals surface area (Å²) in [5.74, 6) is 1.77. The van der Waals surface area contributed by atoms with Crippen LogP contribution in [0.4, 0.5) is 0 Å². The van der Waals surface area contributed by atoms with Gasteiger partial charge in [0.1, 0.15) is 5.82 Å². The maximum atomic E-state index is 6.17. The Bertz CT molecular complexity index is 596. The lowest BCUT2D eigenvalue weighted by Gasteiger charge is -2.15. The number of benzene rings is 1. The topological polar surface area (TPSA) is 43.8 Å². The Morgan fingerprint density at radius 2 is 1.85 bits per heavy atom. The van der Waals surface area contributed by atoms with Crippen molar-refractivity contribution in [3.8, 4) is 0 Å². The highest BCUT2D eigenvalue weighted by molar-refractivity contribution is 5.78. The minimum atomic E-state index is 0.194. The van der Waals surface area contributed by atoms with Gasteiger partial charge >= 0.3 is 0 Å². The number of imidazole rings is 1. The molecule has 110 valence electrons. The van der Waals surface area contributed by atoms with Crippen LogP contribution in [0.1, 0.15) is 44.1 Å². The predicted molar refractivity (Wildman–Crippen MR) is 86.0 cm³/mol. The Hall–Kier alpha value is -1.35. The minimum absolute atomic E-state index is 0.194. The number of hydrogen-bond donors (Lipinski definition) is 1. The molecule has 1 heterocycles. The van der Waals surface area contributed by atoms with E-state index in [0.717, 1.165) is 24.9 Å². The Balaban J connectivity index is 2.55. The third-order valence-corrected chi connectivity index (χ3v) is 3.98. The first-order valence-corrected chi connectivity index (χ1v) is 7.64. The summed E-state index contributed by atoms with van der Waals surface area (Å²) in [7, 11) is 0. The molecule has 1 atom stereocenters. The molecule has 0 aliphatic rings. The fourth-order valence-corrected chi connectivity index (χ4v) is 2.52. The molecule has 0 fully saturated rings. The maximum absolute atomic E-state index is 6.17. The molecule has 0 saturated carbocycles. The predicted octanol–water partition coefficient (Wildman–Crippen LogP) is 3.59. The van der Waals surface area contributed by atoms with Gasteiger partial charge in [-0.2, -0.15) is 0 Å². The van der Waals surface area contributed by atoms with Gasteiger partial charge in [-0.25, -0.2) is 4.98 Å². The average molecular weight is 273 g/mol. The van der Waals surface area contributed by atoms with Crippen molar-refractivity contribution in [3.63, 3.8) is 0 Å². The van der Waals surface area contributed by atoms with Gasteiger partial charge in [0.15, 0.2) is 0 Å². The molecular weight excluding hydrogens is 246 g/mol. The summed E-state index contributed by atoms with van der Waals surface area (Å²) in [6, 6.07) is 4.65. The molecule has 20 heavy (non-hydrogen) atoms. The maximum Gasteiger partial charge on any atom is 0.110 e. The number of hydrogen-bond acceptors (Lipinski definition) is 2. The number of nitrogens with two attached hydrogens (primary N) is 1. The summed E-state index contributed by atoms with van der Waals surface area (Å²) >= 11 is 0. The SMILES string of the molecule is CCC(N)Cn1c(CC(C)C)nc2cc(C)c(C)cc21. The van der Waals surface area contributed by atoms with E-state index in [9.17, 15) is 0 Å². The summed E-state index contributed by atoms with van der Waals surface area (Å²) in [4.78, 5) is 4.85. The molecule has 0 radical (unpaired) electrons. The van der Waals surface area contributed by atoms with Crippen LogP contribution in [0, 0.1) is 19.8 Å². The fraction of sp³-hybridized carbons (Fsp3) is 0.588. The van der Waals surface area contributed by atoms with Gasteiger partial charge in [-0.3, -0.25) is 0 Å². The first-order valence-electron chi connectivity index (χ1n) is 7.64. The molecule has 2 rings (SSSR count). The van der Waals surface area contributed by atoms with Crippen molar-refractivity contribution in [2.75, 3.05) is 0 Å². The van der Waals surface area contributed by atoms with E-state index in [0.29, 0.717) is 5.92 Å². The standard InChI is InChI=1S/C17H27N3/c1-6-14(18)10-20-16-9-13(5)12(4)8-15(16)19-17(20)7-11(2)3/h8-9,11,14H,6-7,10,18H2,1-5H3. The highest BCUT2D eigenvalue weighted by Crippen LogP contribution is 2.22. The van der Waals surface area contributed by atoms with Gasteiger partial charge in [-0.05, 0) is 49.4 Å². The van der Waals surface area contributed by atoms with Crippen LogP contribution in [0.2, 0.25) is 0 Å². The highest BCUT2D eigenvalue weighted by atomic mass is 15.1. The second-order valence-corrected chi connectivity index (χ2v) is 6.33. The smallest absolute Gasteiger partial charge is 0.110 e. The van der Waals surface area contributed by atoms with Crippen molar-refractivity contribution in [3.05, 3.63) is 29.1 Å². The first kappa shape index (κ1) is 15.0. The summed E-state index contributed by atoms with van der Waals surface area (Å²) in [5.41, 5.74) is 11.1. The molecule has 1 aromatic carbocycles. The van der Waals surface area contributed by atoms with Crippen LogP contribution in [-0.4, -0.2) is 15.6 Å². The van der Waals surface area contributed by atoms with E-state index >= 15 is 0 Å². The average Bonchev–Trinajstić information content (AvgIpc) is 2.67. The number of aromatic nitrogens is 2. The van der Waals surface area contributed by atoms with E-state index in [1.54, 1.807) is 0 Å². The lowest BCUT2D eigenvalue weighted by atomic mass is 10.1. The molecule has 2 N–H and O–H groups in total. The molecule has 1 unspecified atom stereocenters. The molecule has 0 amide bonds. The van der Waals surface area contributed by atoms with Crippen LogP contribution in [-0.2, 0) is 13.0 Å². The van der Waals surface area contributed by atoms with Crippen LogP contribution in [0.25, 0.3) is 11.0 Å². The largest absolute Gasteiger partial charge is 0.326 e. The van der Waals surface area contributed by atoms with Crippen molar-refractivity contribution >= 4 is 11.0 Å².